The lowest BCUT2D eigenvalue weighted by molar-refractivity contribution is -0.128. The molecule has 0 bridgehead atoms. The highest BCUT2D eigenvalue weighted by Crippen LogP contribution is 2.42. The lowest BCUT2D eigenvalue weighted by Crippen LogP contribution is -2.40. The number of ether oxygens (including phenoxy) is 1. The van der Waals surface area contributed by atoms with Crippen LogP contribution in [0, 0.1) is 0 Å². The molecule has 3 aromatic rings. The number of anilines is 1. The number of carbonyl (C=O) groups excluding carboxylic acids is 1. The maximum Gasteiger partial charge on any atom is 0.254 e. The molecule has 1 atom stereocenters. The minimum absolute atomic E-state index is 0.0963. The molecule has 30 heavy (non-hydrogen) atoms. The number of amides is 1. The van der Waals surface area contributed by atoms with Crippen molar-refractivity contribution in [3.63, 3.8) is 0 Å². The van der Waals surface area contributed by atoms with Crippen molar-refractivity contribution in [3.8, 4) is 5.75 Å². The summed E-state index contributed by atoms with van der Waals surface area (Å²) in [5.74, 6) is 1.61. The van der Waals surface area contributed by atoms with E-state index in [2.05, 4.69) is 16.0 Å². The highest BCUT2D eigenvalue weighted by atomic mass is 16.5. The van der Waals surface area contributed by atoms with Gasteiger partial charge >= 0.3 is 0 Å². The number of piperidine rings is 1. The van der Waals surface area contributed by atoms with Crippen LogP contribution in [0.25, 0.3) is 11.0 Å². The SMILES string of the molecule is COc1ccccc1[C@H]1C(C(=O)N2CCCCC2)=C(C)Nc2nc3ccccc3n21. The first-order valence-corrected chi connectivity index (χ1v) is 10.6. The van der Waals surface area contributed by atoms with Crippen LogP contribution < -0.4 is 10.1 Å². The normalized spacial score (nSPS) is 18.9. The first-order valence-electron chi connectivity index (χ1n) is 10.6. The van der Waals surface area contributed by atoms with Crippen molar-refractivity contribution in [2.75, 3.05) is 25.5 Å². The molecule has 1 amide bonds. The number of nitrogens with one attached hydrogen (secondary N) is 1. The van der Waals surface area contributed by atoms with Gasteiger partial charge in [-0.15, -0.1) is 0 Å². The summed E-state index contributed by atoms with van der Waals surface area (Å²) in [4.78, 5) is 20.6. The summed E-state index contributed by atoms with van der Waals surface area (Å²) in [7, 11) is 1.68. The molecule has 1 N–H and O–H groups in total. The monoisotopic (exact) mass is 402 g/mol. The Morgan fingerprint density at radius 1 is 1.07 bits per heavy atom. The van der Waals surface area contributed by atoms with Gasteiger partial charge in [-0.05, 0) is 44.4 Å². The van der Waals surface area contributed by atoms with Crippen LogP contribution >= 0.6 is 0 Å². The highest BCUT2D eigenvalue weighted by Gasteiger charge is 2.37. The van der Waals surface area contributed by atoms with Crippen LogP contribution in [0.15, 0.2) is 59.8 Å². The fraction of sp³-hybridized carbons (Fsp3) is 0.333. The van der Waals surface area contributed by atoms with E-state index in [-0.39, 0.29) is 11.9 Å². The summed E-state index contributed by atoms with van der Waals surface area (Å²) in [6, 6.07) is 15.7. The lowest BCUT2D eigenvalue weighted by atomic mass is 9.92. The maximum absolute atomic E-state index is 13.8. The van der Waals surface area contributed by atoms with E-state index < -0.39 is 0 Å². The molecule has 6 heteroatoms. The molecule has 0 spiro atoms. The molecule has 6 nitrogen and oxygen atoms in total. The second-order valence-electron chi connectivity index (χ2n) is 7.96. The number of benzene rings is 2. The highest BCUT2D eigenvalue weighted by molar-refractivity contribution is 5.98. The van der Waals surface area contributed by atoms with Gasteiger partial charge in [0, 0.05) is 24.4 Å². The van der Waals surface area contributed by atoms with E-state index >= 15 is 0 Å². The average Bonchev–Trinajstić information content (AvgIpc) is 3.16. The van der Waals surface area contributed by atoms with Gasteiger partial charge in [-0.2, -0.15) is 0 Å². The van der Waals surface area contributed by atoms with Crippen molar-refractivity contribution in [3.05, 3.63) is 65.4 Å². The van der Waals surface area contributed by atoms with Gasteiger partial charge in [0.25, 0.3) is 5.91 Å². The summed E-state index contributed by atoms with van der Waals surface area (Å²) in [6.45, 7) is 3.60. The van der Waals surface area contributed by atoms with Gasteiger partial charge in [0.05, 0.1) is 29.8 Å². The van der Waals surface area contributed by atoms with Crippen molar-refractivity contribution >= 4 is 22.9 Å². The van der Waals surface area contributed by atoms with Crippen molar-refractivity contribution in [2.24, 2.45) is 0 Å². The van der Waals surface area contributed by atoms with Gasteiger partial charge in [0.1, 0.15) is 5.75 Å². The van der Waals surface area contributed by atoms with Crippen LogP contribution in [0.1, 0.15) is 37.8 Å². The molecule has 0 saturated carbocycles. The topological polar surface area (TPSA) is 59.4 Å². The van der Waals surface area contributed by atoms with E-state index in [0.29, 0.717) is 0 Å². The Balaban J connectivity index is 1.73. The molecule has 1 fully saturated rings. The molecule has 3 heterocycles. The third kappa shape index (κ3) is 2.95. The summed E-state index contributed by atoms with van der Waals surface area (Å²) in [5, 5.41) is 3.40. The van der Waals surface area contributed by atoms with E-state index in [0.717, 1.165) is 65.5 Å². The predicted molar refractivity (Wildman–Crippen MR) is 118 cm³/mol. The fourth-order valence-corrected chi connectivity index (χ4v) is 4.69. The van der Waals surface area contributed by atoms with Crippen LogP contribution in [-0.2, 0) is 4.79 Å². The molecule has 154 valence electrons. The fourth-order valence-electron chi connectivity index (χ4n) is 4.69. The second kappa shape index (κ2) is 7.52. The van der Waals surface area contributed by atoms with Crippen LogP contribution in [0.4, 0.5) is 5.95 Å². The number of nitrogens with zero attached hydrogens (tertiary/aromatic N) is 3. The standard InChI is InChI=1S/C24H26N4O2/c1-16-21(23(29)27-14-8-3-9-15-27)22(17-10-4-7-13-20(17)30-2)28-19-12-6-5-11-18(19)26-24(28)25-16/h4-7,10-13,22H,3,8-9,14-15H2,1-2H3,(H,25,26)/t22-/m0/s1. The van der Waals surface area contributed by atoms with Crippen LogP contribution in [0.5, 0.6) is 5.75 Å². The molecule has 0 radical (unpaired) electrons. The number of hydrogen-bond donors (Lipinski definition) is 1. The molecule has 1 aromatic heterocycles. The van der Waals surface area contributed by atoms with Crippen molar-refractivity contribution < 1.29 is 9.53 Å². The zero-order valence-corrected chi connectivity index (χ0v) is 17.4. The Morgan fingerprint density at radius 2 is 1.80 bits per heavy atom. The number of allylic oxidation sites excluding steroid dienone is 1. The van der Waals surface area contributed by atoms with Crippen LogP contribution in [-0.4, -0.2) is 40.6 Å². The number of rotatable bonds is 3. The molecular weight excluding hydrogens is 376 g/mol. The second-order valence-corrected chi connectivity index (χ2v) is 7.96. The van der Waals surface area contributed by atoms with E-state index in [1.54, 1.807) is 7.11 Å². The van der Waals surface area contributed by atoms with Crippen LogP contribution in [0.2, 0.25) is 0 Å². The average molecular weight is 402 g/mol. The quantitative estimate of drug-likeness (QED) is 0.708. The minimum Gasteiger partial charge on any atom is -0.496 e. The van der Waals surface area contributed by atoms with Crippen LogP contribution in [0.3, 0.4) is 0 Å². The maximum atomic E-state index is 13.8. The third-order valence-electron chi connectivity index (χ3n) is 6.14. The van der Waals surface area contributed by atoms with Crippen molar-refractivity contribution in [2.45, 2.75) is 32.2 Å². The molecule has 1 saturated heterocycles. The third-order valence-corrected chi connectivity index (χ3v) is 6.14. The van der Waals surface area contributed by atoms with E-state index in [9.17, 15) is 4.79 Å². The molecule has 0 unspecified atom stereocenters. The number of para-hydroxylation sites is 3. The summed E-state index contributed by atoms with van der Waals surface area (Å²) in [5.41, 5.74) is 4.47. The minimum atomic E-state index is -0.306. The molecular formula is C24H26N4O2. The molecule has 2 aromatic carbocycles. The van der Waals surface area contributed by atoms with Gasteiger partial charge in [-0.3, -0.25) is 9.36 Å². The summed E-state index contributed by atoms with van der Waals surface area (Å²) >= 11 is 0. The first kappa shape index (κ1) is 18.7. The van der Waals surface area contributed by atoms with Gasteiger partial charge in [-0.25, -0.2) is 4.98 Å². The van der Waals surface area contributed by atoms with Crippen molar-refractivity contribution in [1.82, 2.24) is 14.5 Å². The zero-order valence-electron chi connectivity index (χ0n) is 17.4. The predicted octanol–water partition coefficient (Wildman–Crippen LogP) is 4.35. The number of carbonyl (C=O) groups is 1. The van der Waals surface area contributed by atoms with E-state index in [1.165, 1.54) is 6.42 Å². The molecule has 2 aliphatic heterocycles. The number of aromatic nitrogens is 2. The number of hydrogen-bond acceptors (Lipinski definition) is 4. The molecule has 0 aliphatic carbocycles. The Morgan fingerprint density at radius 3 is 2.60 bits per heavy atom. The Labute approximate surface area is 176 Å². The smallest absolute Gasteiger partial charge is 0.254 e. The van der Waals surface area contributed by atoms with Gasteiger partial charge in [0.15, 0.2) is 0 Å². The zero-order chi connectivity index (χ0) is 20.7. The largest absolute Gasteiger partial charge is 0.496 e. The van der Waals surface area contributed by atoms with Gasteiger partial charge in [-0.1, -0.05) is 30.3 Å². The Hall–Kier alpha value is -3.28. The number of fused-ring (bicyclic) bond motifs is 3. The molecule has 5 rings (SSSR count). The van der Waals surface area contributed by atoms with E-state index in [1.807, 2.05) is 54.3 Å². The summed E-state index contributed by atoms with van der Waals surface area (Å²) < 4.78 is 7.85. The number of likely N-dealkylation sites (tertiary alicyclic amines) is 1. The van der Waals surface area contributed by atoms with Gasteiger partial charge < -0.3 is 15.0 Å². The van der Waals surface area contributed by atoms with Crippen molar-refractivity contribution in [1.29, 1.82) is 0 Å². The Bertz CT molecular complexity index is 1140. The first-order chi connectivity index (χ1) is 14.7. The molecule has 2 aliphatic rings. The Kier molecular flexibility index (Phi) is 4.69. The number of methoxy groups -OCH3 is 1. The van der Waals surface area contributed by atoms with Gasteiger partial charge in [0.2, 0.25) is 5.95 Å². The van der Waals surface area contributed by atoms with E-state index in [4.69, 9.17) is 9.72 Å². The lowest BCUT2D eigenvalue weighted by Gasteiger charge is -2.35. The number of imidazole rings is 1. The summed E-state index contributed by atoms with van der Waals surface area (Å²) in [6.07, 6.45) is 3.31.